The second-order valence-corrected chi connectivity index (χ2v) is 5.49. The fourth-order valence-corrected chi connectivity index (χ4v) is 2.51. The molecule has 2 aromatic heterocycles. The number of fused-ring (bicyclic) bond motifs is 1. The maximum atomic E-state index is 12.2. The van der Waals surface area contributed by atoms with E-state index < -0.39 is 12.8 Å². The molecule has 1 aliphatic heterocycles. The van der Waals surface area contributed by atoms with Gasteiger partial charge in [0.05, 0.1) is 5.56 Å². The van der Waals surface area contributed by atoms with Gasteiger partial charge in [-0.15, -0.1) is 0 Å². The lowest BCUT2D eigenvalue weighted by Gasteiger charge is -2.24. The van der Waals surface area contributed by atoms with E-state index in [2.05, 4.69) is 20.0 Å². The standard InChI is InChI=1S/C15H15F3N4O2/c16-15(17,18)9-24-13-4-1-10(7-20-13)14(23)21-11-2-3-12-19-5-6-22(12)8-11/h1,4-7,11H,2-3,8-9H2,(H,21,23)/t11-/m1/s1. The van der Waals surface area contributed by atoms with E-state index in [1.54, 1.807) is 6.20 Å². The number of ether oxygens (including phenoxy) is 1. The van der Waals surface area contributed by atoms with Gasteiger partial charge in [-0.1, -0.05) is 0 Å². The van der Waals surface area contributed by atoms with E-state index in [0.717, 1.165) is 18.7 Å². The first-order valence-electron chi connectivity index (χ1n) is 7.37. The highest BCUT2D eigenvalue weighted by molar-refractivity contribution is 5.94. The van der Waals surface area contributed by atoms with Gasteiger partial charge in [-0.2, -0.15) is 13.2 Å². The molecule has 0 saturated heterocycles. The highest BCUT2D eigenvalue weighted by Gasteiger charge is 2.28. The zero-order valence-corrected chi connectivity index (χ0v) is 12.6. The van der Waals surface area contributed by atoms with Gasteiger partial charge in [-0.05, 0) is 12.5 Å². The monoisotopic (exact) mass is 340 g/mol. The van der Waals surface area contributed by atoms with E-state index in [9.17, 15) is 18.0 Å². The fraction of sp³-hybridized carbons (Fsp3) is 0.400. The Bertz CT molecular complexity index is 712. The number of hydrogen-bond donors (Lipinski definition) is 1. The first kappa shape index (κ1) is 16.3. The minimum Gasteiger partial charge on any atom is -0.468 e. The van der Waals surface area contributed by atoms with Crippen LogP contribution in [0.1, 0.15) is 22.6 Å². The van der Waals surface area contributed by atoms with Gasteiger partial charge in [-0.25, -0.2) is 9.97 Å². The molecule has 1 aliphatic rings. The Morgan fingerprint density at radius 3 is 2.92 bits per heavy atom. The van der Waals surface area contributed by atoms with Crippen LogP contribution in [0.3, 0.4) is 0 Å². The van der Waals surface area contributed by atoms with Crippen molar-refractivity contribution in [2.75, 3.05) is 6.61 Å². The third-order valence-corrected chi connectivity index (χ3v) is 3.65. The molecule has 3 heterocycles. The molecule has 2 aromatic rings. The van der Waals surface area contributed by atoms with Crippen molar-refractivity contribution in [3.05, 3.63) is 42.1 Å². The lowest BCUT2D eigenvalue weighted by Crippen LogP contribution is -2.40. The number of aryl methyl sites for hydroxylation is 1. The Kier molecular flexibility index (Phi) is 4.41. The largest absolute Gasteiger partial charge is 0.468 e. The molecule has 0 spiro atoms. The summed E-state index contributed by atoms with van der Waals surface area (Å²) >= 11 is 0. The number of aromatic nitrogens is 3. The van der Waals surface area contributed by atoms with Crippen molar-refractivity contribution in [3.8, 4) is 5.88 Å². The van der Waals surface area contributed by atoms with E-state index in [1.165, 1.54) is 18.3 Å². The minimum atomic E-state index is -4.43. The molecular formula is C15H15F3N4O2. The number of alkyl halides is 3. The quantitative estimate of drug-likeness (QED) is 0.924. The van der Waals surface area contributed by atoms with Gasteiger partial charge in [0.2, 0.25) is 5.88 Å². The van der Waals surface area contributed by atoms with Gasteiger partial charge in [-0.3, -0.25) is 4.79 Å². The predicted molar refractivity (Wildman–Crippen MR) is 77.6 cm³/mol. The van der Waals surface area contributed by atoms with Crippen molar-refractivity contribution in [1.82, 2.24) is 19.9 Å². The summed E-state index contributed by atoms with van der Waals surface area (Å²) in [5.74, 6) is 0.497. The van der Waals surface area contributed by atoms with Crippen LogP contribution in [0.15, 0.2) is 30.7 Å². The number of nitrogens with zero attached hydrogens (tertiary/aromatic N) is 3. The van der Waals surface area contributed by atoms with E-state index >= 15 is 0 Å². The summed E-state index contributed by atoms with van der Waals surface area (Å²) in [7, 11) is 0. The third-order valence-electron chi connectivity index (χ3n) is 3.65. The van der Waals surface area contributed by atoms with Gasteiger partial charge >= 0.3 is 6.18 Å². The highest BCUT2D eigenvalue weighted by atomic mass is 19.4. The molecule has 3 rings (SSSR count). The molecule has 0 aliphatic carbocycles. The predicted octanol–water partition coefficient (Wildman–Crippen LogP) is 1.96. The Labute approximate surface area is 135 Å². The van der Waals surface area contributed by atoms with Crippen molar-refractivity contribution in [1.29, 1.82) is 0 Å². The molecule has 1 amide bonds. The lowest BCUT2D eigenvalue weighted by molar-refractivity contribution is -0.154. The van der Waals surface area contributed by atoms with Gasteiger partial charge in [0.1, 0.15) is 5.82 Å². The summed E-state index contributed by atoms with van der Waals surface area (Å²) in [6, 6.07) is 2.61. The summed E-state index contributed by atoms with van der Waals surface area (Å²) in [5.41, 5.74) is 0.269. The maximum Gasteiger partial charge on any atom is 0.422 e. The maximum absolute atomic E-state index is 12.2. The van der Waals surface area contributed by atoms with Crippen molar-refractivity contribution in [3.63, 3.8) is 0 Å². The molecule has 9 heteroatoms. The second-order valence-electron chi connectivity index (χ2n) is 5.49. The number of halogens is 3. The van der Waals surface area contributed by atoms with Crippen LogP contribution in [0, 0.1) is 0 Å². The van der Waals surface area contributed by atoms with Crippen molar-refractivity contribution < 1.29 is 22.7 Å². The smallest absolute Gasteiger partial charge is 0.422 e. The normalized spacial score (nSPS) is 17.2. The molecule has 6 nitrogen and oxygen atoms in total. The highest BCUT2D eigenvalue weighted by Crippen LogP contribution is 2.17. The molecule has 0 radical (unpaired) electrons. The van der Waals surface area contributed by atoms with Crippen LogP contribution in [0.25, 0.3) is 0 Å². The van der Waals surface area contributed by atoms with Gasteiger partial charge in [0.25, 0.3) is 5.91 Å². The van der Waals surface area contributed by atoms with Gasteiger partial charge < -0.3 is 14.6 Å². The molecular weight excluding hydrogens is 325 g/mol. The topological polar surface area (TPSA) is 69.0 Å². The van der Waals surface area contributed by atoms with E-state index in [-0.39, 0.29) is 23.4 Å². The summed E-state index contributed by atoms with van der Waals surface area (Å²) in [6.45, 7) is -0.776. The summed E-state index contributed by atoms with van der Waals surface area (Å²) < 4.78 is 42.7. The Morgan fingerprint density at radius 2 is 2.21 bits per heavy atom. The molecule has 0 aromatic carbocycles. The number of hydrogen-bond acceptors (Lipinski definition) is 4. The molecule has 24 heavy (non-hydrogen) atoms. The Balaban J connectivity index is 1.56. The SMILES string of the molecule is O=C(N[C@@H]1CCc2nccn2C1)c1ccc(OCC(F)(F)F)nc1. The van der Waals surface area contributed by atoms with Crippen molar-refractivity contribution >= 4 is 5.91 Å². The number of pyridine rings is 1. The number of rotatable bonds is 4. The van der Waals surface area contributed by atoms with Crippen LogP contribution in [0.2, 0.25) is 0 Å². The lowest BCUT2D eigenvalue weighted by atomic mass is 10.1. The Hall–Kier alpha value is -2.58. The van der Waals surface area contributed by atoms with Gasteiger partial charge in [0.15, 0.2) is 6.61 Å². The first-order chi connectivity index (χ1) is 11.4. The summed E-state index contributed by atoms with van der Waals surface area (Å²) in [4.78, 5) is 20.1. The minimum absolute atomic E-state index is 0.0274. The van der Waals surface area contributed by atoms with Crippen LogP contribution in [0.4, 0.5) is 13.2 Å². The number of nitrogens with one attached hydrogen (secondary N) is 1. The average molecular weight is 340 g/mol. The number of carbonyl (C=O) groups excluding carboxylic acids is 1. The van der Waals surface area contributed by atoms with Crippen molar-refractivity contribution in [2.45, 2.75) is 31.6 Å². The first-order valence-corrected chi connectivity index (χ1v) is 7.37. The average Bonchev–Trinajstić information content (AvgIpc) is 3.00. The number of imidazole rings is 1. The van der Waals surface area contributed by atoms with Crippen LogP contribution in [-0.2, 0) is 13.0 Å². The molecule has 0 unspecified atom stereocenters. The van der Waals surface area contributed by atoms with E-state index in [1.807, 2.05) is 10.8 Å². The summed E-state index contributed by atoms with van der Waals surface area (Å²) in [5, 5.41) is 2.89. The van der Waals surface area contributed by atoms with Crippen LogP contribution in [-0.4, -0.2) is 39.3 Å². The molecule has 128 valence electrons. The molecule has 1 atom stereocenters. The van der Waals surface area contributed by atoms with Crippen molar-refractivity contribution in [2.24, 2.45) is 0 Å². The van der Waals surface area contributed by atoms with Crippen LogP contribution < -0.4 is 10.1 Å². The second kappa shape index (κ2) is 6.50. The van der Waals surface area contributed by atoms with Crippen LogP contribution >= 0.6 is 0 Å². The Morgan fingerprint density at radius 1 is 1.38 bits per heavy atom. The van der Waals surface area contributed by atoms with E-state index in [0.29, 0.717) is 6.54 Å². The zero-order chi connectivity index (χ0) is 17.2. The fourth-order valence-electron chi connectivity index (χ4n) is 2.51. The third kappa shape index (κ3) is 4.03. The zero-order valence-electron chi connectivity index (χ0n) is 12.6. The number of carbonyl (C=O) groups is 1. The number of amides is 1. The van der Waals surface area contributed by atoms with E-state index in [4.69, 9.17) is 0 Å². The molecule has 0 saturated carbocycles. The summed E-state index contributed by atoms with van der Waals surface area (Å²) in [6.07, 6.45) is 1.92. The molecule has 1 N–H and O–H groups in total. The van der Waals surface area contributed by atoms with Crippen LogP contribution in [0.5, 0.6) is 5.88 Å². The molecule has 0 bridgehead atoms. The molecule has 0 fully saturated rings. The van der Waals surface area contributed by atoms with Gasteiger partial charge in [0, 0.05) is 43.7 Å².